The maximum Gasteiger partial charge on any atom is 0.272 e. The van der Waals surface area contributed by atoms with E-state index in [1.54, 1.807) is 4.90 Å². The van der Waals surface area contributed by atoms with E-state index in [2.05, 4.69) is 22.2 Å². The van der Waals surface area contributed by atoms with Crippen molar-refractivity contribution in [2.45, 2.75) is 26.3 Å². The van der Waals surface area contributed by atoms with Crippen LogP contribution in [0, 0.1) is 5.92 Å². The molecule has 6 heteroatoms. The third-order valence-corrected chi connectivity index (χ3v) is 4.31. The molecule has 1 fully saturated rings. The molecule has 2 aromatic rings. The number of H-pyrrole nitrogens is 1. The Hall–Kier alpha value is -2.63. The standard InChI is InChI=1S/C18H22N4O2/c1-13-6-5-9-22(11-13)18(24)16-15(20-12-21-16)17(23)19-10-14-7-3-2-4-8-14/h2-4,7-8,12-13H,5-6,9-11H2,1H3,(H,19,23)(H,20,21)/t13-/m1/s1. The van der Waals surface area contributed by atoms with Gasteiger partial charge < -0.3 is 15.2 Å². The summed E-state index contributed by atoms with van der Waals surface area (Å²) in [6.07, 6.45) is 3.53. The first-order valence-electron chi connectivity index (χ1n) is 8.30. The van der Waals surface area contributed by atoms with E-state index in [4.69, 9.17) is 0 Å². The normalized spacial score (nSPS) is 17.5. The van der Waals surface area contributed by atoms with Gasteiger partial charge in [0.25, 0.3) is 11.8 Å². The quantitative estimate of drug-likeness (QED) is 0.904. The van der Waals surface area contributed by atoms with Gasteiger partial charge in [0.1, 0.15) is 5.69 Å². The first-order valence-corrected chi connectivity index (χ1v) is 8.30. The first-order chi connectivity index (χ1) is 11.6. The van der Waals surface area contributed by atoms with Gasteiger partial charge in [0.15, 0.2) is 5.69 Å². The molecule has 1 saturated heterocycles. The fourth-order valence-corrected chi connectivity index (χ4v) is 3.02. The molecule has 0 bridgehead atoms. The van der Waals surface area contributed by atoms with E-state index < -0.39 is 0 Å². The molecule has 2 N–H and O–H groups in total. The number of benzene rings is 1. The molecule has 0 unspecified atom stereocenters. The van der Waals surface area contributed by atoms with Gasteiger partial charge in [-0.15, -0.1) is 0 Å². The van der Waals surface area contributed by atoms with E-state index >= 15 is 0 Å². The third kappa shape index (κ3) is 3.64. The van der Waals surface area contributed by atoms with Crippen molar-refractivity contribution in [2.75, 3.05) is 13.1 Å². The highest BCUT2D eigenvalue weighted by atomic mass is 16.2. The highest BCUT2D eigenvalue weighted by Crippen LogP contribution is 2.18. The van der Waals surface area contributed by atoms with Gasteiger partial charge in [-0.1, -0.05) is 37.3 Å². The maximum atomic E-state index is 12.7. The zero-order chi connectivity index (χ0) is 16.9. The van der Waals surface area contributed by atoms with E-state index in [0.29, 0.717) is 12.5 Å². The van der Waals surface area contributed by atoms with Crippen molar-refractivity contribution in [3.05, 3.63) is 53.6 Å². The van der Waals surface area contributed by atoms with Crippen LogP contribution < -0.4 is 5.32 Å². The van der Waals surface area contributed by atoms with Gasteiger partial charge in [-0.3, -0.25) is 9.59 Å². The van der Waals surface area contributed by atoms with Crippen LogP contribution >= 0.6 is 0 Å². The summed E-state index contributed by atoms with van der Waals surface area (Å²) in [4.78, 5) is 33.8. The van der Waals surface area contributed by atoms with Gasteiger partial charge >= 0.3 is 0 Å². The number of imidazole rings is 1. The average molecular weight is 326 g/mol. The van der Waals surface area contributed by atoms with E-state index in [0.717, 1.165) is 31.5 Å². The van der Waals surface area contributed by atoms with Crippen LogP contribution in [0.1, 0.15) is 46.3 Å². The zero-order valence-electron chi connectivity index (χ0n) is 13.8. The maximum absolute atomic E-state index is 12.7. The minimum absolute atomic E-state index is 0.149. The molecule has 1 aliphatic heterocycles. The van der Waals surface area contributed by atoms with E-state index in [9.17, 15) is 9.59 Å². The molecule has 0 aliphatic carbocycles. The molecule has 2 heterocycles. The molecular formula is C18H22N4O2. The lowest BCUT2D eigenvalue weighted by Crippen LogP contribution is -2.40. The number of amides is 2. The Bertz CT molecular complexity index is 711. The van der Waals surface area contributed by atoms with Crippen LogP contribution in [0.2, 0.25) is 0 Å². The fourth-order valence-electron chi connectivity index (χ4n) is 3.02. The summed E-state index contributed by atoms with van der Waals surface area (Å²) in [5.74, 6) is -0.00148. The lowest BCUT2D eigenvalue weighted by molar-refractivity contribution is 0.0672. The predicted octanol–water partition coefficient (Wildman–Crippen LogP) is 2.21. The second-order valence-corrected chi connectivity index (χ2v) is 6.29. The summed E-state index contributed by atoms with van der Waals surface area (Å²) in [5.41, 5.74) is 1.43. The summed E-state index contributed by atoms with van der Waals surface area (Å²) in [6.45, 7) is 4.00. The van der Waals surface area contributed by atoms with Crippen molar-refractivity contribution in [1.29, 1.82) is 0 Å². The topological polar surface area (TPSA) is 78.1 Å². The van der Waals surface area contributed by atoms with Gasteiger partial charge in [-0.25, -0.2) is 4.98 Å². The number of aromatic nitrogens is 2. The molecule has 1 atom stereocenters. The minimum atomic E-state index is -0.339. The highest BCUT2D eigenvalue weighted by molar-refractivity contribution is 6.04. The van der Waals surface area contributed by atoms with Crippen LogP contribution in [-0.2, 0) is 6.54 Å². The Balaban J connectivity index is 1.68. The molecule has 3 rings (SSSR count). The smallest absolute Gasteiger partial charge is 0.272 e. The predicted molar refractivity (Wildman–Crippen MR) is 90.5 cm³/mol. The van der Waals surface area contributed by atoms with Crippen LogP contribution in [-0.4, -0.2) is 39.8 Å². The number of hydrogen-bond acceptors (Lipinski definition) is 3. The summed E-state index contributed by atoms with van der Waals surface area (Å²) in [7, 11) is 0. The number of hydrogen-bond donors (Lipinski definition) is 2. The Morgan fingerprint density at radius 2 is 2.12 bits per heavy atom. The minimum Gasteiger partial charge on any atom is -0.347 e. The molecule has 0 radical (unpaired) electrons. The van der Waals surface area contributed by atoms with Crippen molar-refractivity contribution in [1.82, 2.24) is 20.2 Å². The van der Waals surface area contributed by atoms with Gasteiger partial charge in [0.05, 0.1) is 6.33 Å². The highest BCUT2D eigenvalue weighted by Gasteiger charge is 2.27. The van der Waals surface area contributed by atoms with Crippen LogP contribution in [0.4, 0.5) is 0 Å². The van der Waals surface area contributed by atoms with Crippen LogP contribution in [0.5, 0.6) is 0 Å². The molecule has 126 valence electrons. The summed E-state index contributed by atoms with van der Waals surface area (Å²) in [6, 6.07) is 9.64. The van der Waals surface area contributed by atoms with Crippen molar-refractivity contribution in [2.24, 2.45) is 5.92 Å². The largest absolute Gasteiger partial charge is 0.347 e. The molecule has 24 heavy (non-hydrogen) atoms. The van der Waals surface area contributed by atoms with Gasteiger partial charge in [0.2, 0.25) is 0 Å². The van der Waals surface area contributed by atoms with Crippen LogP contribution in [0.25, 0.3) is 0 Å². The molecule has 1 aromatic heterocycles. The summed E-state index contributed by atoms with van der Waals surface area (Å²) >= 11 is 0. The molecule has 2 amide bonds. The Kier molecular flexibility index (Phi) is 4.93. The zero-order valence-corrected chi connectivity index (χ0v) is 13.8. The number of rotatable bonds is 4. The number of aromatic amines is 1. The van der Waals surface area contributed by atoms with Crippen molar-refractivity contribution in [3.63, 3.8) is 0 Å². The second kappa shape index (κ2) is 7.29. The van der Waals surface area contributed by atoms with Gasteiger partial charge in [-0.05, 0) is 24.3 Å². The lowest BCUT2D eigenvalue weighted by atomic mass is 10.00. The number of likely N-dealkylation sites (tertiary alicyclic amines) is 1. The second-order valence-electron chi connectivity index (χ2n) is 6.29. The molecule has 6 nitrogen and oxygen atoms in total. The number of nitrogens with zero attached hydrogens (tertiary/aromatic N) is 2. The Labute approximate surface area is 141 Å². The van der Waals surface area contributed by atoms with Crippen molar-refractivity contribution >= 4 is 11.8 Å². The summed E-state index contributed by atoms with van der Waals surface area (Å²) < 4.78 is 0. The average Bonchev–Trinajstić information content (AvgIpc) is 3.09. The number of carbonyl (C=O) groups excluding carboxylic acids is 2. The van der Waals surface area contributed by atoms with Crippen molar-refractivity contribution < 1.29 is 9.59 Å². The van der Waals surface area contributed by atoms with Gasteiger partial charge in [-0.2, -0.15) is 0 Å². The van der Waals surface area contributed by atoms with E-state index in [-0.39, 0.29) is 23.2 Å². The molecular weight excluding hydrogens is 304 g/mol. The first kappa shape index (κ1) is 16.2. The van der Waals surface area contributed by atoms with Crippen LogP contribution in [0.15, 0.2) is 36.7 Å². The number of nitrogens with one attached hydrogen (secondary N) is 2. The monoisotopic (exact) mass is 326 g/mol. The molecule has 1 aromatic carbocycles. The van der Waals surface area contributed by atoms with Crippen molar-refractivity contribution in [3.8, 4) is 0 Å². The third-order valence-electron chi connectivity index (χ3n) is 4.31. The van der Waals surface area contributed by atoms with E-state index in [1.807, 2.05) is 30.3 Å². The number of piperidine rings is 1. The Morgan fingerprint density at radius 1 is 1.33 bits per heavy atom. The van der Waals surface area contributed by atoms with Crippen LogP contribution in [0.3, 0.4) is 0 Å². The fraction of sp³-hybridized carbons (Fsp3) is 0.389. The van der Waals surface area contributed by atoms with Gasteiger partial charge in [0, 0.05) is 19.6 Å². The lowest BCUT2D eigenvalue weighted by Gasteiger charge is -2.30. The molecule has 1 aliphatic rings. The number of carbonyl (C=O) groups is 2. The Morgan fingerprint density at radius 3 is 2.88 bits per heavy atom. The van der Waals surface area contributed by atoms with E-state index in [1.165, 1.54) is 6.33 Å². The summed E-state index contributed by atoms with van der Waals surface area (Å²) in [5, 5.41) is 2.82. The molecule has 0 spiro atoms. The SMILES string of the molecule is C[C@@H]1CCCN(C(=O)c2[nH]cnc2C(=O)NCc2ccccc2)C1. The molecule has 0 saturated carbocycles.